The first-order valence-electron chi connectivity index (χ1n) is 17.6. The number of halogens is 3. The van der Waals surface area contributed by atoms with Crippen LogP contribution in [0.2, 0.25) is 0 Å². The lowest BCUT2D eigenvalue weighted by molar-refractivity contribution is -0.138. The van der Waals surface area contributed by atoms with Crippen molar-refractivity contribution in [2.45, 2.75) is 44.4 Å². The van der Waals surface area contributed by atoms with E-state index >= 15 is 0 Å². The number of rotatable bonds is 13. The molecule has 1 saturated heterocycles. The minimum absolute atomic E-state index is 0.0169. The second kappa shape index (κ2) is 15.6. The first kappa shape index (κ1) is 37.6. The highest BCUT2D eigenvalue weighted by atomic mass is 32.1. The van der Waals surface area contributed by atoms with Crippen molar-refractivity contribution in [3.63, 3.8) is 0 Å². The third-order valence-corrected chi connectivity index (χ3v) is 10.5. The maximum Gasteiger partial charge on any atom is 0.417 e. The van der Waals surface area contributed by atoms with Gasteiger partial charge in [-0.25, -0.2) is 9.97 Å². The van der Waals surface area contributed by atoms with Crippen LogP contribution in [0.4, 0.5) is 19.0 Å². The van der Waals surface area contributed by atoms with Crippen LogP contribution in [0.25, 0.3) is 31.9 Å². The van der Waals surface area contributed by atoms with Crippen LogP contribution >= 0.6 is 11.3 Å². The topological polar surface area (TPSA) is 131 Å². The van der Waals surface area contributed by atoms with Crippen molar-refractivity contribution in [3.05, 3.63) is 95.2 Å². The molecule has 15 heteroatoms. The van der Waals surface area contributed by atoms with Gasteiger partial charge in [0.05, 0.1) is 29.0 Å². The number of nitrogens with zero attached hydrogens (tertiary/aromatic N) is 4. The minimum atomic E-state index is -4.61. The van der Waals surface area contributed by atoms with Crippen molar-refractivity contribution in [1.29, 1.82) is 0 Å². The second-order valence-corrected chi connectivity index (χ2v) is 14.6. The Morgan fingerprint density at radius 1 is 0.964 bits per heavy atom. The van der Waals surface area contributed by atoms with Crippen LogP contribution in [0.1, 0.15) is 46.3 Å². The number of fused-ring (bicyclic) bond motifs is 2. The van der Waals surface area contributed by atoms with Crippen LogP contribution in [0.15, 0.2) is 72.9 Å². The smallest absolute Gasteiger partial charge is 0.417 e. The van der Waals surface area contributed by atoms with E-state index < -0.39 is 23.7 Å². The van der Waals surface area contributed by atoms with E-state index in [9.17, 15) is 32.3 Å². The summed E-state index contributed by atoms with van der Waals surface area (Å²) < 4.78 is 55.0. The Bertz CT molecular complexity index is 2290. The Kier molecular flexibility index (Phi) is 10.7. The molecule has 284 valence electrons. The molecule has 1 fully saturated rings. The number of anilines is 1. The van der Waals surface area contributed by atoms with E-state index in [4.69, 9.17) is 9.47 Å². The summed E-state index contributed by atoms with van der Waals surface area (Å²) in [6.45, 7) is 0.858. The Morgan fingerprint density at radius 3 is 2.51 bits per heavy atom. The number of benzene rings is 3. The molecule has 0 spiro atoms. The summed E-state index contributed by atoms with van der Waals surface area (Å²) in [5.74, 6) is 0.101. The SMILES string of the molecule is CN(C)c1ccc(-c2ccc(-c3nc4ccc(CC(=O)CCOCCOc5ccc6c(c5)CN(C5CCC(=O)NC5=O)C6=O)cc4s3)c(C(F)(F)F)c2)cn1. The maximum atomic E-state index is 14.3. The summed E-state index contributed by atoms with van der Waals surface area (Å²) in [7, 11) is 3.67. The molecule has 2 aliphatic heterocycles. The molecule has 55 heavy (non-hydrogen) atoms. The van der Waals surface area contributed by atoms with E-state index in [0.717, 1.165) is 28.5 Å². The number of Topliss-reactive ketones (excluding diaryl/α,β-unsaturated/α-hetero) is 1. The standard InChI is InChI=1S/C40H36F3N5O6S/c1-47(2)35-11-5-25(21-44-35)24-4-7-30(31(20-24)40(41,42)43)38-45-32-9-3-23(18-34(32)55-38)17-27(49)13-14-53-15-16-54-28-6-8-29-26(19-28)22-48(39(29)52)33-10-12-36(50)46-37(33)51/h3-9,11,18-21,33H,10,12-17,22H2,1-2H3,(H,46,50,51). The van der Waals surface area contributed by atoms with E-state index in [1.54, 1.807) is 60.8 Å². The lowest BCUT2D eigenvalue weighted by Crippen LogP contribution is -2.52. The molecule has 1 unspecified atom stereocenters. The van der Waals surface area contributed by atoms with Gasteiger partial charge >= 0.3 is 6.18 Å². The fraction of sp³-hybridized carbons (Fsp3) is 0.300. The number of carbonyl (C=O) groups excluding carboxylic acids is 4. The molecule has 0 radical (unpaired) electrons. The Balaban J connectivity index is 0.899. The molecule has 5 aromatic rings. The fourth-order valence-corrected chi connectivity index (χ4v) is 7.69. The predicted octanol–water partition coefficient (Wildman–Crippen LogP) is 6.47. The van der Waals surface area contributed by atoms with E-state index in [-0.39, 0.29) is 80.2 Å². The summed E-state index contributed by atoms with van der Waals surface area (Å²) in [6.07, 6.45) is -2.29. The van der Waals surface area contributed by atoms with Crippen LogP contribution in [0.3, 0.4) is 0 Å². The lowest BCUT2D eigenvalue weighted by atomic mass is 10.00. The van der Waals surface area contributed by atoms with Gasteiger partial charge in [0.15, 0.2) is 0 Å². The van der Waals surface area contributed by atoms with Gasteiger partial charge in [-0.2, -0.15) is 13.2 Å². The molecule has 0 saturated carbocycles. The normalized spacial score (nSPS) is 15.7. The number of amides is 3. The van der Waals surface area contributed by atoms with Gasteiger partial charge in [0.25, 0.3) is 5.91 Å². The average molecular weight is 772 g/mol. The lowest BCUT2D eigenvalue weighted by Gasteiger charge is -2.29. The number of thiazole rings is 1. The number of aromatic nitrogens is 2. The summed E-state index contributed by atoms with van der Waals surface area (Å²) in [5, 5.41) is 2.52. The summed E-state index contributed by atoms with van der Waals surface area (Å²) in [5.41, 5.74) is 2.64. The fourth-order valence-electron chi connectivity index (χ4n) is 6.62. The largest absolute Gasteiger partial charge is 0.491 e. The summed E-state index contributed by atoms with van der Waals surface area (Å²) in [6, 6.07) is 17.3. The molecule has 7 rings (SSSR count). The van der Waals surface area contributed by atoms with Crippen molar-refractivity contribution in [2.24, 2.45) is 0 Å². The van der Waals surface area contributed by atoms with Crippen molar-refractivity contribution in [1.82, 2.24) is 20.2 Å². The van der Waals surface area contributed by atoms with Crippen LogP contribution in [0, 0.1) is 0 Å². The highest BCUT2D eigenvalue weighted by Crippen LogP contribution is 2.42. The molecule has 4 heterocycles. The van der Waals surface area contributed by atoms with E-state index in [1.165, 1.54) is 11.0 Å². The van der Waals surface area contributed by atoms with Gasteiger partial charge in [-0.15, -0.1) is 11.3 Å². The Hall–Kier alpha value is -5.67. The van der Waals surface area contributed by atoms with Crippen LogP contribution in [-0.2, 0) is 38.3 Å². The molecule has 2 aromatic heterocycles. The molecule has 11 nitrogen and oxygen atoms in total. The van der Waals surface area contributed by atoms with Crippen molar-refractivity contribution >= 4 is 50.9 Å². The number of hydrogen-bond donors (Lipinski definition) is 1. The third-order valence-electron chi connectivity index (χ3n) is 9.47. The van der Waals surface area contributed by atoms with Gasteiger partial charge in [0.2, 0.25) is 11.8 Å². The molecule has 2 aliphatic rings. The first-order chi connectivity index (χ1) is 26.3. The molecule has 3 aromatic carbocycles. The molecular weight excluding hydrogens is 736 g/mol. The minimum Gasteiger partial charge on any atom is -0.491 e. The zero-order valence-corrected chi connectivity index (χ0v) is 30.8. The highest BCUT2D eigenvalue weighted by Gasteiger charge is 2.39. The van der Waals surface area contributed by atoms with E-state index in [1.807, 2.05) is 19.0 Å². The Labute approximate surface area is 318 Å². The summed E-state index contributed by atoms with van der Waals surface area (Å²) in [4.78, 5) is 61.6. The van der Waals surface area contributed by atoms with Crippen molar-refractivity contribution < 1.29 is 41.8 Å². The third kappa shape index (κ3) is 8.37. The highest BCUT2D eigenvalue weighted by molar-refractivity contribution is 7.21. The van der Waals surface area contributed by atoms with Gasteiger partial charge in [-0.05, 0) is 71.6 Å². The zero-order valence-electron chi connectivity index (χ0n) is 29.9. The molecule has 0 aliphatic carbocycles. The number of hydrogen-bond acceptors (Lipinski definition) is 10. The number of pyridine rings is 1. The quantitative estimate of drug-likeness (QED) is 0.106. The number of alkyl halides is 3. The number of ketones is 1. The van der Waals surface area contributed by atoms with Gasteiger partial charge in [0, 0.05) is 62.8 Å². The van der Waals surface area contributed by atoms with E-state index in [2.05, 4.69) is 15.3 Å². The van der Waals surface area contributed by atoms with E-state index in [0.29, 0.717) is 38.5 Å². The van der Waals surface area contributed by atoms with Crippen LogP contribution in [0.5, 0.6) is 5.75 Å². The zero-order chi connectivity index (χ0) is 38.9. The molecule has 3 amide bonds. The number of ether oxygens (including phenoxy) is 2. The van der Waals surface area contributed by atoms with Gasteiger partial charge in [-0.1, -0.05) is 18.2 Å². The number of carbonyl (C=O) groups is 4. The molecule has 1 N–H and O–H groups in total. The van der Waals surface area contributed by atoms with Gasteiger partial charge in [0.1, 0.15) is 35.0 Å². The number of nitrogens with one attached hydrogen (secondary N) is 1. The molecule has 0 bridgehead atoms. The second-order valence-electron chi connectivity index (χ2n) is 13.5. The average Bonchev–Trinajstić information content (AvgIpc) is 3.72. The number of piperidine rings is 1. The Morgan fingerprint density at radius 2 is 1.76 bits per heavy atom. The van der Waals surface area contributed by atoms with Crippen molar-refractivity contribution in [2.75, 3.05) is 38.8 Å². The molecule has 1 atom stereocenters. The number of imide groups is 1. The first-order valence-corrected chi connectivity index (χ1v) is 18.4. The van der Waals surface area contributed by atoms with Gasteiger partial charge < -0.3 is 19.3 Å². The maximum absolute atomic E-state index is 14.3. The predicted molar refractivity (Wildman–Crippen MR) is 200 cm³/mol. The van der Waals surface area contributed by atoms with Crippen molar-refractivity contribution in [3.8, 4) is 27.4 Å². The molecular formula is C40H36F3N5O6S. The van der Waals surface area contributed by atoms with Crippen LogP contribution < -0.4 is 15.0 Å². The van der Waals surface area contributed by atoms with Gasteiger partial charge in [-0.3, -0.25) is 24.5 Å². The summed E-state index contributed by atoms with van der Waals surface area (Å²) >= 11 is 1.14. The van der Waals surface area contributed by atoms with Crippen LogP contribution in [-0.4, -0.2) is 78.3 Å². The monoisotopic (exact) mass is 771 g/mol.